The lowest BCUT2D eigenvalue weighted by Gasteiger charge is -2.02. The molecule has 0 saturated heterocycles. The van der Waals surface area contributed by atoms with Crippen molar-refractivity contribution in [3.8, 4) is 11.8 Å². The Hall–Kier alpha value is -3.05. The molecule has 2 nitrogen and oxygen atoms in total. The Morgan fingerprint density at radius 2 is 1.65 bits per heavy atom. The van der Waals surface area contributed by atoms with Crippen LogP contribution in [0, 0.1) is 18.8 Å². The Morgan fingerprint density at radius 1 is 0.913 bits per heavy atom. The van der Waals surface area contributed by atoms with Gasteiger partial charge in [-0.1, -0.05) is 42.3 Å². The standard InChI is InChI=1S/C21H16N2/c1-15-14-22-18(13-12-16-8-4-3-5-9-16)21-20(15)17-10-6-7-11-19(17)23(21)2/h3-11,14H,1-2H3. The molecule has 0 spiro atoms. The SMILES string of the molecule is Cc1cnc(C#Cc2ccccc2)c2c1c1ccccc1n2C. The van der Waals surface area contributed by atoms with Crippen LogP contribution in [0.25, 0.3) is 21.8 Å². The number of nitrogens with zero attached hydrogens (tertiary/aromatic N) is 2. The van der Waals surface area contributed by atoms with Crippen LogP contribution in [0.1, 0.15) is 16.8 Å². The van der Waals surface area contributed by atoms with Gasteiger partial charge >= 0.3 is 0 Å². The van der Waals surface area contributed by atoms with Crippen LogP contribution >= 0.6 is 0 Å². The van der Waals surface area contributed by atoms with Crippen molar-refractivity contribution in [3.05, 3.63) is 77.6 Å². The fourth-order valence-electron chi connectivity index (χ4n) is 3.10. The molecule has 0 bridgehead atoms. The van der Waals surface area contributed by atoms with Crippen LogP contribution in [0.15, 0.2) is 60.8 Å². The van der Waals surface area contributed by atoms with E-state index in [4.69, 9.17) is 0 Å². The highest BCUT2D eigenvalue weighted by Gasteiger charge is 2.13. The van der Waals surface area contributed by atoms with Crippen LogP contribution in [0.4, 0.5) is 0 Å². The molecule has 0 unspecified atom stereocenters. The zero-order chi connectivity index (χ0) is 15.8. The summed E-state index contributed by atoms with van der Waals surface area (Å²) >= 11 is 0. The molecule has 0 radical (unpaired) electrons. The van der Waals surface area contributed by atoms with Crippen molar-refractivity contribution in [1.29, 1.82) is 0 Å². The first kappa shape index (κ1) is 13.6. The summed E-state index contributed by atoms with van der Waals surface area (Å²) < 4.78 is 2.19. The van der Waals surface area contributed by atoms with Gasteiger partial charge in [-0.2, -0.15) is 0 Å². The number of hydrogen-bond acceptors (Lipinski definition) is 1. The highest BCUT2D eigenvalue weighted by molar-refractivity contribution is 6.10. The van der Waals surface area contributed by atoms with Gasteiger partial charge in [0.15, 0.2) is 0 Å². The molecule has 0 N–H and O–H groups in total. The molecule has 4 rings (SSSR count). The molecule has 0 atom stereocenters. The summed E-state index contributed by atoms with van der Waals surface area (Å²) in [5.41, 5.74) is 5.33. The largest absolute Gasteiger partial charge is 0.341 e. The van der Waals surface area contributed by atoms with Crippen LogP contribution < -0.4 is 0 Å². The zero-order valence-corrected chi connectivity index (χ0v) is 13.2. The fraction of sp³-hybridized carbons (Fsp3) is 0.0952. The first-order chi connectivity index (χ1) is 11.3. The van der Waals surface area contributed by atoms with Gasteiger partial charge in [0.1, 0.15) is 5.69 Å². The van der Waals surface area contributed by atoms with Crippen LogP contribution in [0.3, 0.4) is 0 Å². The third-order valence-electron chi connectivity index (χ3n) is 4.21. The second-order valence-corrected chi connectivity index (χ2v) is 5.71. The van der Waals surface area contributed by atoms with Gasteiger partial charge in [0, 0.05) is 35.1 Å². The van der Waals surface area contributed by atoms with E-state index in [1.807, 2.05) is 36.5 Å². The van der Waals surface area contributed by atoms with Gasteiger partial charge < -0.3 is 4.57 Å². The van der Waals surface area contributed by atoms with Gasteiger partial charge in [-0.25, -0.2) is 4.98 Å². The molecule has 0 fully saturated rings. The van der Waals surface area contributed by atoms with Gasteiger partial charge in [-0.05, 0) is 36.6 Å². The Balaban J connectivity index is 2.02. The Morgan fingerprint density at radius 3 is 2.48 bits per heavy atom. The first-order valence-corrected chi connectivity index (χ1v) is 7.65. The summed E-state index contributed by atoms with van der Waals surface area (Å²) in [4.78, 5) is 4.58. The van der Waals surface area contributed by atoms with Crippen LogP contribution in [-0.2, 0) is 7.05 Å². The van der Waals surface area contributed by atoms with Gasteiger partial charge in [0.05, 0.1) is 5.52 Å². The van der Waals surface area contributed by atoms with Crippen molar-refractivity contribution in [1.82, 2.24) is 9.55 Å². The molecular weight excluding hydrogens is 280 g/mol. The average Bonchev–Trinajstić information content (AvgIpc) is 2.90. The molecule has 4 aromatic rings. The molecular formula is C21H16N2. The molecule has 2 heteroatoms. The summed E-state index contributed by atoms with van der Waals surface area (Å²) in [6.45, 7) is 2.11. The maximum absolute atomic E-state index is 4.58. The number of fused-ring (bicyclic) bond motifs is 3. The van der Waals surface area contributed by atoms with Gasteiger partial charge in [0.2, 0.25) is 0 Å². The molecule has 0 saturated carbocycles. The fourth-order valence-corrected chi connectivity index (χ4v) is 3.10. The van der Waals surface area contributed by atoms with E-state index in [1.165, 1.54) is 21.9 Å². The van der Waals surface area contributed by atoms with E-state index in [2.05, 4.69) is 59.6 Å². The minimum absolute atomic E-state index is 0.827. The van der Waals surface area contributed by atoms with E-state index in [9.17, 15) is 0 Å². The van der Waals surface area contributed by atoms with Crippen molar-refractivity contribution < 1.29 is 0 Å². The molecule has 23 heavy (non-hydrogen) atoms. The van der Waals surface area contributed by atoms with E-state index in [1.54, 1.807) is 0 Å². The second-order valence-electron chi connectivity index (χ2n) is 5.71. The van der Waals surface area contributed by atoms with Crippen molar-refractivity contribution in [2.24, 2.45) is 7.05 Å². The summed E-state index contributed by atoms with van der Waals surface area (Å²) in [5, 5.41) is 2.50. The number of pyridine rings is 1. The predicted molar refractivity (Wildman–Crippen MR) is 95.4 cm³/mol. The van der Waals surface area contributed by atoms with Gasteiger partial charge in [-0.3, -0.25) is 0 Å². The summed E-state index contributed by atoms with van der Waals surface area (Å²) in [6, 6.07) is 18.5. The number of aromatic nitrogens is 2. The maximum atomic E-state index is 4.58. The Kier molecular flexibility index (Phi) is 3.13. The molecule has 110 valence electrons. The molecule has 0 aliphatic heterocycles. The van der Waals surface area contributed by atoms with E-state index in [0.717, 1.165) is 16.8 Å². The lowest BCUT2D eigenvalue weighted by Crippen LogP contribution is -1.93. The Bertz CT molecular complexity index is 1080. The van der Waals surface area contributed by atoms with Crippen molar-refractivity contribution in [2.75, 3.05) is 0 Å². The minimum atomic E-state index is 0.827. The van der Waals surface area contributed by atoms with Crippen LogP contribution in [-0.4, -0.2) is 9.55 Å². The molecule has 0 aliphatic rings. The molecule has 2 aromatic carbocycles. The highest BCUT2D eigenvalue weighted by Crippen LogP contribution is 2.31. The second kappa shape index (κ2) is 5.30. The lowest BCUT2D eigenvalue weighted by atomic mass is 10.1. The number of hydrogen-bond donors (Lipinski definition) is 0. The monoisotopic (exact) mass is 296 g/mol. The highest BCUT2D eigenvalue weighted by atomic mass is 15.0. The number of benzene rings is 2. The quantitative estimate of drug-likeness (QED) is 0.439. The predicted octanol–water partition coefficient (Wildman–Crippen LogP) is 4.43. The van der Waals surface area contributed by atoms with E-state index in [0.29, 0.717) is 0 Å². The Labute approximate surface area is 135 Å². The van der Waals surface area contributed by atoms with Crippen molar-refractivity contribution in [2.45, 2.75) is 6.92 Å². The average molecular weight is 296 g/mol. The molecule has 2 heterocycles. The summed E-state index contributed by atoms with van der Waals surface area (Å²) in [7, 11) is 2.08. The number of aryl methyl sites for hydroxylation is 2. The maximum Gasteiger partial charge on any atom is 0.137 e. The molecule has 2 aromatic heterocycles. The lowest BCUT2D eigenvalue weighted by molar-refractivity contribution is 1.00. The van der Waals surface area contributed by atoms with Crippen LogP contribution in [0.2, 0.25) is 0 Å². The minimum Gasteiger partial charge on any atom is -0.341 e. The smallest absolute Gasteiger partial charge is 0.137 e. The summed E-state index contributed by atoms with van der Waals surface area (Å²) in [5.74, 6) is 6.47. The number of para-hydroxylation sites is 1. The third kappa shape index (κ3) is 2.18. The number of rotatable bonds is 0. The van der Waals surface area contributed by atoms with E-state index < -0.39 is 0 Å². The third-order valence-corrected chi connectivity index (χ3v) is 4.21. The zero-order valence-electron chi connectivity index (χ0n) is 13.2. The van der Waals surface area contributed by atoms with Crippen molar-refractivity contribution >= 4 is 21.8 Å². The van der Waals surface area contributed by atoms with Gasteiger partial charge in [0.25, 0.3) is 0 Å². The van der Waals surface area contributed by atoms with Crippen molar-refractivity contribution in [3.63, 3.8) is 0 Å². The first-order valence-electron chi connectivity index (χ1n) is 7.65. The van der Waals surface area contributed by atoms with Crippen LogP contribution in [0.5, 0.6) is 0 Å². The van der Waals surface area contributed by atoms with E-state index >= 15 is 0 Å². The van der Waals surface area contributed by atoms with E-state index in [-0.39, 0.29) is 0 Å². The topological polar surface area (TPSA) is 17.8 Å². The molecule has 0 aliphatic carbocycles. The van der Waals surface area contributed by atoms with Gasteiger partial charge in [-0.15, -0.1) is 0 Å². The molecule has 0 amide bonds. The normalized spacial score (nSPS) is 10.7. The summed E-state index contributed by atoms with van der Waals surface area (Å²) in [6.07, 6.45) is 1.92.